The Morgan fingerprint density at radius 2 is 1.89 bits per heavy atom. The van der Waals surface area contributed by atoms with Gasteiger partial charge in [-0.2, -0.15) is 0 Å². The zero-order valence-electron chi connectivity index (χ0n) is 15.2. The van der Waals surface area contributed by atoms with Gasteiger partial charge < -0.3 is 5.32 Å². The molecule has 0 aliphatic rings. The predicted octanol–water partition coefficient (Wildman–Crippen LogP) is 3.25. The Hall–Kier alpha value is -2.17. The molecule has 1 heterocycles. The summed E-state index contributed by atoms with van der Waals surface area (Å²) in [6, 6.07) is 11.8. The van der Waals surface area contributed by atoms with Gasteiger partial charge in [0.05, 0.1) is 22.2 Å². The van der Waals surface area contributed by atoms with Gasteiger partial charge in [0, 0.05) is 16.7 Å². The highest BCUT2D eigenvalue weighted by Crippen LogP contribution is 2.23. The Morgan fingerprint density at radius 1 is 1.21 bits per heavy atom. The van der Waals surface area contributed by atoms with Crippen LogP contribution in [-0.4, -0.2) is 31.7 Å². The molecule has 0 saturated carbocycles. The number of anilines is 2. The number of thiazole rings is 1. The fourth-order valence-corrected chi connectivity index (χ4v) is 4.90. The summed E-state index contributed by atoms with van der Waals surface area (Å²) < 4.78 is 28.6. The summed E-state index contributed by atoms with van der Waals surface area (Å²) in [6.07, 6.45) is 1.05. The van der Waals surface area contributed by atoms with Crippen molar-refractivity contribution < 1.29 is 13.2 Å². The van der Waals surface area contributed by atoms with Crippen LogP contribution in [0.3, 0.4) is 0 Å². The minimum Gasteiger partial charge on any atom is -0.324 e. The molecule has 10 heteroatoms. The Morgan fingerprint density at radius 3 is 2.50 bits per heavy atom. The number of carbonyl (C=O) groups is 1. The molecule has 0 unspecified atom stereocenters. The van der Waals surface area contributed by atoms with Gasteiger partial charge in [0.15, 0.2) is 0 Å². The number of rotatable bonds is 6. The van der Waals surface area contributed by atoms with E-state index >= 15 is 0 Å². The summed E-state index contributed by atoms with van der Waals surface area (Å²) in [5.41, 5.74) is 1.71. The Bertz CT molecular complexity index is 1180. The first-order valence-corrected chi connectivity index (χ1v) is 11.8. The van der Waals surface area contributed by atoms with Crippen LogP contribution in [0.15, 0.2) is 51.7 Å². The third-order valence-electron chi connectivity index (χ3n) is 4.07. The number of nitrogens with zero attached hydrogens (tertiary/aromatic N) is 2. The molecule has 0 aliphatic carbocycles. The van der Waals surface area contributed by atoms with Gasteiger partial charge in [0.25, 0.3) is 0 Å². The molecule has 0 radical (unpaired) electrons. The summed E-state index contributed by atoms with van der Waals surface area (Å²) in [5.74, 6) is -0.477. The zero-order chi connectivity index (χ0) is 20.5. The fourth-order valence-electron chi connectivity index (χ4n) is 2.78. The number of aromatic nitrogens is 1. The van der Waals surface area contributed by atoms with Gasteiger partial charge in [-0.3, -0.25) is 18.5 Å². The molecule has 3 rings (SSSR count). The summed E-state index contributed by atoms with van der Waals surface area (Å²) >= 11 is 4.41. The van der Waals surface area contributed by atoms with Gasteiger partial charge in [-0.15, -0.1) is 0 Å². The van der Waals surface area contributed by atoms with Gasteiger partial charge in [-0.05, 0) is 49.4 Å². The number of benzene rings is 2. The lowest BCUT2D eigenvalue weighted by molar-refractivity contribution is -0.114. The second-order valence-electron chi connectivity index (χ2n) is 6.09. The van der Waals surface area contributed by atoms with Crippen molar-refractivity contribution in [2.24, 2.45) is 0 Å². The Labute approximate surface area is 174 Å². The monoisotopic (exact) mass is 483 g/mol. The maximum absolute atomic E-state index is 12.5. The maximum atomic E-state index is 12.5. The highest BCUT2D eigenvalue weighted by atomic mass is 79.9. The van der Waals surface area contributed by atoms with Crippen LogP contribution in [0.2, 0.25) is 0 Å². The molecule has 0 aliphatic heterocycles. The van der Waals surface area contributed by atoms with Crippen molar-refractivity contribution in [1.29, 1.82) is 0 Å². The summed E-state index contributed by atoms with van der Waals surface area (Å²) in [7, 11) is -3.64. The minimum atomic E-state index is -3.64. The van der Waals surface area contributed by atoms with E-state index in [4.69, 9.17) is 0 Å². The third-order valence-corrected chi connectivity index (χ3v) is 6.68. The molecule has 148 valence electrons. The first-order valence-electron chi connectivity index (χ1n) is 8.35. The molecule has 0 fully saturated rings. The van der Waals surface area contributed by atoms with Crippen LogP contribution >= 0.6 is 27.3 Å². The van der Waals surface area contributed by atoms with E-state index in [2.05, 4.69) is 21.2 Å². The average molecular weight is 484 g/mol. The van der Waals surface area contributed by atoms with Crippen molar-refractivity contribution in [2.45, 2.75) is 13.5 Å². The van der Waals surface area contributed by atoms with E-state index in [9.17, 15) is 18.0 Å². The first kappa shape index (κ1) is 20.6. The quantitative estimate of drug-likeness (QED) is 0.582. The fraction of sp³-hybridized carbons (Fsp3) is 0.222. The molecular formula is C18H18BrN3O4S2. The van der Waals surface area contributed by atoms with E-state index in [1.54, 1.807) is 47.0 Å². The number of hydrogen-bond donors (Lipinski definition) is 1. The van der Waals surface area contributed by atoms with E-state index in [0.29, 0.717) is 17.9 Å². The predicted molar refractivity (Wildman–Crippen MR) is 117 cm³/mol. The van der Waals surface area contributed by atoms with Crippen molar-refractivity contribution in [3.05, 3.63) is 56.6 Å². The second-order valence-corrected chi connectivity index (χ2v) is 9.90. The smallest absolute Gasteiger partial charge is 0.308 e. The van der Waals surface area contributed by atoms with Crippen LogP contribution in [0.1, 0.15) is 6.92 Å². The largest absolute Gasteiger partial charge is 0.324 e. The number of carbonyl (C=O) groups excluding carboxylic acids is 1. The van der Waals surface area contributed by atoms with E-state index in [-0.39, 0.29) is 11.4 Å². The number of halogens is 1. The third kappa shape index (κ3) is 4.45. The molecule has 0 saturated heterocycles. The van der Waals surface area contributed by atoms with E-state index in [1.807, 2.05) is 6.92 Å². The van der Waals surface area contributed by atoms with Crippen molar-refractivity contribution >= 4 is 64.8 Å². The van der Waals surface area contributed by atoms with E-state index in [1.165, 1.54) is 0 Å². The summed E-state index contributed by atoms with van der Waals surface area (Å²) in [4.78, 5) is 24.4. The number of nitrogens with one attached hydrogen (secondary N) is 1. The average Bonchev–Trinajstić information content (AvgIpc) is 2.94. The molecule has 0 spiro atoms. The molecule has 1 amide bonds. The van der Waals surface area contributed by atoms with Crippen LogP contribution in [0.5, 0.6) is 0 Å². The van der Waals surface area contributed by atoms with Crippen LogP contribution in [-0.2, 0) is 21.4 Å². The van der Waals surface area contributed by atoms with Crippen LogP contribution in [0.25, 0.3) is 10.2 Å². The maximum Gasteiger partial charge on any atom is 0.308 e. The molecule has 1 N–H and O–H groups in total. The Balaban J connectivity index is 1.82. The van der Waals surface area contributed by atoms with Crippen molar-refractivity contribution in [3.63, 3.8) is 0 Å². The SMILES string of the molecule is CCn1c(=O)sc2cc(NC(=O)CN(c3ccc(Br)cc3)S(C)(=O)=O)ccc21. The van der Waals surface area contributed by atoms with Crippen molar-refractivity contribution in [3.8, 4) is 0 Å². The number of sulfonamides is 1. The van der Waals surface area contributed by atoms with E-state index in [0.717, 1.165) is 36.6 Å². The van der Waals surface area contributed by atoms with Gasteiger partial charge in [0.2, 0.25) is 15.9 Å². The summed E-state index contributed by atoms with van der Waals surface area (Å²) in [6.45, 7) is 2.11. The van der Waals surface area contributed by atoms with Gasteiger partial charge in [-0.1, -0.05) is 27.3 Å². The second kappa shape index (κ2) is 8.06. The number of hydrogen-bond acceptors (Lipinski definition) is 5. The molecular weight excluding hydrogens is 466 g/mol. The molecule has 3 aromatic rings. The lowest BCUT2D eigenvalue weighted by Gasteiger charge is -2.22. The minimum absolute atomic E-state index is 0.0560. The first-order chi connectivity index (χ1) is 13.2. The molecule has 2 aromatic carbocycles. The molecule has 0 atom stereocenters. The lowest BCUT2D eigenvalue weighted by Crippen LogP contribution is -2.37. The molecule has 28 heavy (non-hydrogen) atoms. The highest BCUT2D eigenvalue weighted by Gasteiger charge is 2.21. The molecule has 1 aromatic heterocycles. The molecule has 0 bridgehead atoms. The number of amides is 1. The van der Waals surface area contributed by atoms with Gasteiger partial charge in [0.1, 0.15) is 6.54 Å². The van der Waals surface area contributed by atoms with Crippen LogP contribution in [0, 0.1) is 0 Å². The topological polar surface area (TPSA) is 88.5 Å². The Kier molecular flexibility index (Phi) is 5.92. The zero-order valence-corrected chi connectivity index (χ0v) is 18.4. The van der Waals surface area contributed by atoms with Crippen molar-refractivity contribution in [1.82, 2.24) is 4.57 Å². The van der Waals surface area contributed by atoms with Gasteiger partial charge >= 0.3 is 4.87 Å². The highest BCUT2D eigenvalue weighted by molar-refractivity contribution is 9.10. The standard InChI is InChI=1S/C18H18BrN3O4S2/c1-3-21-15-9-6-13(10-16(15)27-18(21)24)20-17(23)11-22(28(2,25)26)14-7-4-12(19)5-8-14/h4-10H,3,11H2,1-2H3,(H,20,23). The van der Waals surface area contributed by atoms with Gasteiger partial charge in [-0.25, -0.2) is 8.42 Å². The molecule has 7 nitrogen and oxygen atoms in total. The van der Waals surface area contributed by atoms with Crippen LogP contribution in [0.4, 0.5) is 11.4 Å². The lowest BCUT2D eigenvalue weighted by atomic mass is 10.3. The van der Waals surface area contributed by atoms with E-state index < -0.39 is 15.9 Å². The normalized spacial score (nSPS) is 11.5. The number of fused-ring (bicyclic) bond motifs is 1. The summed E-state index contributed by atoms with van der Waals surface area (Å²) in [5, 5.41) is 2.71. The van der Waals surface area contributed by atoms with Crippen molar-refractivity contribution in [2.75, 3.05) is 22.4 Å². The van der Waals surface area contributed by atoms with Crippen LogP contribution < -0.4 is 14.5 Å². The number of aryl methyl sites for hydroxylation is 1.